The fourth-order valence-corrected chi connectivity index (χ4v) is 3.75. The fourth-order valence-electron chi connectivity index (χ4n) is 3.75. The van der Waals surface area contributed by atoms with Gasteiger partial charge >= 0.3 is 17.9 Å². The maximum Gasteiger partial charge on any atom is 0.335 e. The standard InChI is InChI=1S/C19H36O5.C7H6O2.2C2H6O/c1-4-15(17(21)22)10-6-8-12-19(3,14-20)13-9-7-11-16(5-2)18(23)24;8-7(9)6-4-2-1-3-5-6;2*1-2-3/h15-16,20H,4-14H2,1-3H3,(H,21,22)(H,23,24);1-5H,(H,8,9);2*3H,2H2,1H3. The van der Waals surface area contributed by atoms with Crippen LogP contribution in [0.2, 0.25) is 0 Å². The molecule has 0 heterocycles. The molecular weight excluding hydrogens is 504 g/mol. The highest BCUT2D eigenvalue weighted by atomic mass is 16.4. The lowest BCUT2D eigenvalue weighted by Crippen LogP contribution is -2.22. The second-order valence-electron chi connectivity index (χ2n) is 9.65. The first kappa shape index (κ1) is 41.0. The van der Waals surface area contributed by atoms with Crippen molar-refractivity contribution in [3.05, 3.63) is 35.9 Å². The molecule has 0 amide bonds. The quantitative estimate of drug-likeness (QED) is 0.139. The Morgan fingerprint density at radius 1 is 0.692 bits per heavy atom. The van der Waals surface area contributed by atoms with Crippen LogP contribution in [-0.4, -0.2) is 68.4 Å². The Labute approximate surface area is 234 Å². The van der Waals surface area contributed by atoms with Gasteiger partial charge in [0.1, 0.15) is 0 Å². The summed E-state index contributed by atoms with van der Waals surface area (Å²) < 4.78 is 0. The van der Waals surface area contributed by atoms with E-state index in [1.54, 1.807) is 44.2 Å². The lowest BCUT2D eigenvalue weighted by molar-refractivity contribution is -0.143. The van der Waals surface area contributed by atoms with Gasteiger partial charge in [-0.05, 0) is 69.9 Å². The number of carboxylic acids is 3. The Bertz CT molecular complexity index is 690. The normalized spacial score (nSPS) is 13.0. The summed E-state index contributed by atoms with van der Waals surface area (Å²) >= 11 is 0. The van der Waals surface area contributed by atoms with Crippen LogP contribution in [0.5, 0.6) is 0 Å². The van der Waals surface area contributed by atoms with Crippen LogP contribution in [0.3, 0.4) is 0 Å². The first-order chi connectivity index (χ1) is 18.4. The largest absolute Gasteiger partial charge is 0.481 e. The summed E-state index contributed by atoms with van der Waals surface area (Å²) in [6.07, 6.45) is 8.08. The second-order valence-corrected chi connectivity index (χ2v) is 9.65. The van der Waals surface area contributed by atoms with E-state index in [0.29, 0.717) is 31.2 Å². The maximum atomic E-state index is 11.0. The molecule has 2 atom stereocenters. The average Bonchev–Trinajstić information content (AvgIpc) is 2.90. The highest BCUT2D eigenvalue weighted by Gasteiger charge is 2.23. The maximum absolute atomic E-state index is 11.0. The number of rotatable bonds is 16. The van der Waals surface area contributed by atoms with Crippen molar-refractivity contribution >= 4 is 17.9 Å². The van der Waals surface area contributed by atoms with Crippen LogP contribution < -0.4 is 0 Å². The monoisotopic (exact) mass is 558 g/mol. The van der Waals surface area contributed by atoms with Gasteiger partial charge in [-0.15, -0.1) is 0 Å². The molecule has 0 fully saturated rings. The van der Waals surface area contributed by atoms with Gasteiger partial charge in [0.05, 0.1) is 17.4 Å². The summed E-state index contributed by atoms with van der Waals surface area (Å²) in [4.78, 5) is 32.2. The zero-order valence-corrected chi connectivity index (χ0v) is 24.6. The lowest BCUT2D eigenvalue weighted by atomic mass is 9.80. The van der Waals surface area contributed by atoms with Gasteiger partial charge in [0.15, 0.2) is 0 Å². The smallest absolute Gasteiger partial charge is 0.335 e. The van der Waals surface area contributed by atoms with Crippen LogP contribution in [0.4, 0.5) is 0 Å². The number of unbranched alkanes of at least 4 members (excludes halogenated alkanes) is 2. The molecule has 0 aliphatic heterocycles. The molecule has 0 aliphatic rings. The summed E-state index contributed by atoms with van der Waals surface area (Å²) in [6.45, 7) is 9.85. The van der Waals surface area contributed by atoms with E-state index in [1.165, 1.54) is 0 Å². The van der Waals surface area contributed by atoms with E-state index in [-0.39, 0.29) is 37.1 Å². The number of aliphatic carboxylic acids is 2. The van der Waals surface area contributed by atoms with Crippen molar-refractivity contribution in [2.24, 2.45) is 17.3 Å². The number of aliphatic hydroxyl groups is 3. The van der Waals surface area contributed by atoms with Crippen LogP contribution in [-0.2, 0) is 9.59 Å². The summed E-state index contributed by atoms with van der Waals surface area (Å²) in [5, 5.41) is 51.3. The van der Waals surface area contributed by atoms with Gasteiger partial charge in [-0.25, -0.2) is 4.79 Å². The van der Waals surface area contributed by atoms with E-state index in [2.05, 4.69) is 6.92 Å². The van der Waals surface area contributed by atoms with Crippen molar-refractivity contribution in [1.82, 2.24) is 0 Å². The van der Waals surface area contributed by atoms with Gasteiger partial charge in [-0.2, -0.15) is 0 Å². The number of aromatic carboxylic acids is 1. The number of aliphatic hydroxyl groups excluding tert-OH is 3. The van der Waals surface area contributed by atoms with E-state index in [1.807, 2.05) is 13.8 Å². The highest BCUT2D eigenvalue weighted by Crippen LogP contribution is 2.31. The Hall–Kier alpha value is -2.49. The molecule has 228 valence electrons. The van der Waals surface area contributed by atoms with Gasteiger partial charge in [0, 0.05) is 19.8 Å². The number of benzene rings is 1. The summed E-state index contributed by atoms with van der Waals surface area (Å²) in [7, 11) is 0. The average molecular weight is 559 g/mol. The zero-order valence-electron chi connectivity index (χ0n) is 24.6. The molecule has 6 N–H and O–H groups in total. The van der Waals surface area contributed by atoms with Crippen molar-refractivity contribution in [2.45, 2.75) is 98.8 Å². The Morgan fingerprint density at radius 3 is 1.28 bits per heavy atom. The third-order valence-electron chi connectivity index (χ3n) is 6.25. The summed E-state index contributed by atoms with van der Waals surface area (Å²) in [5.41, 5.74) is 0.188. The van der Waals surface area contributed by atoms with Gasteiger partial charge in [0.2, 0.25) is 0 Å². The molecule has 0 saturated heterocycles. The van der Waals surface area contributed by atoms with E-state index < -0.39 is 17.9 Å². The molecule has 0 saturated carbocycles. The van der Waals surface area contributed by atoms with Crippen LogP contribution in [0, 0.1) is 17.3 Å². The molecule has 0 aliphatic carbocycles. The van der Waals surface area contributed by atoms with Crippen LogP contribution in [0.1, 0.15) is 109 Å². The minimum atomic E-state index is -0.879. The molecule has 9 heteroatoms. The molecule has 0 radical (unpaired) electrons. The van der Waals surface area contributed by atoms with Crippen molar-refractivity contribution in [2.75, 3.05) is 19.8 Å². The second kappa shape index (κ2) is 27.1. The Balaban J connectivity index is -0.000000700. The molecule has 1 aromatic carbocycles. The first-order valence-electron chi connectivity index (χ1n) is 14.0. The van der Waals surface area contributed by atoms with Crippen LogP contribution >= 0.6 is 0 Å². The van der Waals surface area contributed by atoms with E-state index in [4.69, 9.17) is 25.5 Å². The van der Waals surface area contributed by atoms with Crippen molar-refractivity contribution < 1.29 is 45.0 Å². The Kier molecular flexibility index (Phi) is 28.5. The zero-order chi connectivity index (χ0) is 30.7. The number of carbonyl (C=O) groups is 3. The molecule has 0 spiro atoms. The predicted molar refractivity (Wildman–Crippen MR) is 154 cm³/mol. The molecular formula is C30H54O9. The van der Waals surface area contributed by atoms with Crippen molar-refractivity contribution in [3.8, 4) is 0 Å². The molecule has 9 nitrogen and oxygen atoms in total. The van der Waals surface area contributed by atoms with Gasteiger partial charge < -0.3 is 30.6 Å². The number of hydrogen-bond donors (Lipinski definition) is 6. The predicted octanol–water partition coefficient (Wildman–Crippen LogP) is 5.71. The topological polar surface area (TPSA) is 173 Å². The number of hydrogen-bond acceptors (Lipinski definition) is 6. The van der Waals surface area contributed by atoms with Crippen molar-refractivity contribution in [1.29, 1.82) is 0 Å². The van der Waals surface area contributed by atoms with Crippen molar-refractivity contribution in [3.63, 3.8) is 0 Å². The van der Waals surface area contributed by atoms with E-state index in [0.717, 1.165) is 38.5 Å². The molecule has 0 bridgehead atoms. The SMILES string of the molecule is CCC(CCCCC(C)(CO)CCCCC(CC)C(=O)O)C(=O)O.CCO.CCO.O=C(O)c1ccccc1. The van der Waals surface area contributed by atoms with Crippen LogP contribution in [0.15, 0.2) is 30.3 Å². The highest BCUT2D eigenvalue weighted by molar-refractivity contribution is 5.87. The minimum Gasteiger partial charge on any atom is -0.481 e. The van der Waals surface area contributed by atoms with Gasteiger partial charge in [-0.3, -0.25) is 9.59 Å². The Morgan fingerprint density at radius 2 is 1.05 bits per heavy atom. The third-order valence-corrected chi connectivity index (χ3v) is 6.25. The molecule has 1 rings (SSSR count). The lowest BCUT2D eigenvalue weighted by Gasteiger charge is -2.27. The summed E-state index contributed by atoms with van der Waals surface area (Å²) in [6, 6.07) is 8.30. The molecule has 2 unspecified atom stereocenters. The number of carboxylic acid groups (broad SMARTS) is 3. The molecule has 0 aromatic heterocycles. The van der Waals surface area contributed by atoms with E-state index in [9.17, 15) is 19.5 Å². The molecule has 39 heavy (non-hydrogen) atoms. The van der Waals surface area contributed by atoms with Gasteiger partial charge in [-0.1, -0.05) is 64.7 Å². The third kappa shape index (κ3) is 24.3. The first-order valence-corrected chi connectivity index (χ1v) is 14.0. The van der Waals surface area contributed by atoms with Gasteiger partial charge in [0.25, 0.3) is 0 Å². The van der Waals surface area contributed by atoms with E-state index >= 15 is 0 Å². The molecule has 1 aromatic rings. The van der Waals surface area contributed by atoms with Crippen LogP contribution in [0.25, 0.3) is 0 Å². The minimum absolute atomic E-state index is 0.124. The fraction of sp³-hybridized carbons (Fsp3) is 0.700. The summed E-state index contributed by atoms with van der Waals surface area (Å²) in [5.74, 6) is -2.83.